The predicted octanol–water partition coefficient (Wildman–Crippen LogP) is 4.24. The molecule has 0 amide bonds. The molecule has 4 heteroatoms. The van der Waals surface area contributed by atoms with Crippen molar-refractivity contribution in [1.82, 2.24) is 9.47 Å². The number of piperidine rings is 1. The van der Waals surface area contributed by atoms with Crippen LogP contribution in [0.25, 0.3) is 10.9 Å². The van der Waals surface area contributed by atoms with Crippen LogP contribution in [-0.2, 0) is 16.0 Å². The summed E-state index contributed by atoms with van der Waals surface area (Å²) in [6, 6.07) is 8.93. The fourth-order valence-corrected chi connectivity index (χ4v) is 6.13. The van der Waals surface area contributed by atoms with Gasteiger partial charge < -0.3 is 9.30 Å². The second-order valence-corrected chi connectivity index (χ2v) is 8.23. The second kappa shape index (κ2) is 5.85. The number of rotatable bonds is 3. The van der Waals surface area contributed by atoms with Crippen molar-refractivity contribution in [3.8, 4) is 0 Å². The molecule has 4 heterocycles. The van der Waals surface area contributed by atoms with Crippen LogP contribution in [0.2, 0.25) is 0 Å². The highest BCUT2D eigenvalue weighted by molar-refractivity contribution is 5.89. The van der Waals surface area contributed by atoms with Gasteiger partial charge in [0, 0.05) is 23.1 Å². The van der Waals surface area contributed by atoms with Gasteiger partial charge >= 0.3 is 5.97 Å². The Bertz CT molecular complexity index is 870. The van der Waals surface area contributed by atoms with E-state index in [2.05, 4.69) is 40.7 Å². The molecule has 5 rings (SSSR count). The minimum atomic E-state index is -0.183. The van der Waals surface area contributed by atoms with E-state index in [4.69, 9.17) is 4.74 Å². The second-order valence-electron chi connectivity index (χ2n) is 8.23. The average Bonchev–Trinajstić information content (AvgIpc) is 3.02. The third-order valence-electron chi connectivity index (χ3n) is 7.20. The van der Waals surface area contributed by atoms with Crippen LogP contribution in [0.15, 0.2) is 24.3 Å². The standard InChI is InChI=1S/C22H28N2O2/c1-3-22-11-7-12-23-13-10-16-15-8-5-6-9-17(15)24(19(16)20(22)23)18(14-22)21(25)26-4-2/h5-6,8-9,18,20H,3-4,7,10-14H2,1-2H3. The monoisotopic (exact) mass is 352 g/mol. The van der Waals surface area contributed by atoms with Gasteiger partial charge in [0.2, 0.25) is 0 Å². The van der Waals surface area contributed by atoms with E-state index >= 15 is 0 Å². The number of hydrogen-bond acceptors (Lipinski definition) is 3. The molecule has 0 spiro atoms. The fourth-order valence-electron chi connectivity index (χ4n) is 6.13. The minimum absolute atomic E-state index is 0.0509. The molecule has 3 atom stereocenters. The first kappa shape index (κ1) is 16.4. The molecule has 1 aromatic heterocycles. The van der Waals surface area contributed by atoms with Crippen LogP contribution in [0.1, 0.15) is 62.9 Å². The summed E-state index contributed by atoms with van der Waals surface area (Å²) in [5, 5.41) is 1.34. The van der Waals surface area contributed by atoms with Crippen molar-refractivity contribution in [1.29, 1.82) is 0 Å². The molecule has 138 valence electrons. The van der Waals surface area contributed by atoms with Gasteiger partial charge in [0.1, 0.15) is 6.04 Å². The van der Waals surface area contributed by atoms with Crippen LogP contribution < -0.4 is 0 Å². The largest absolute Gasteiger partial charge is 0.464 e. The van der Waals surface area contributed by atoms with Crippen molar-refractivity contribution in [3.05, 3.63) is 35.5 Å². The lowest BCUT2D eigenvalue weighted by Crippen LogP contribution is -2.54. The number of hydrogen-bond donors (Lipinski definition) is 0. The Balaban J connectivity index is 1.80. The van der Waals surface area contributed by atoms with Gasteiger partial charge in [0.25, 0.3) is 0 Å². The first-order valence-electron chi connectivity index (χ1n) is 10.2. The van der Waals surface area contributed by atoms with Crippen molar-refractivity contribution < 1.29 is 9.53 Å². The molecule has 26 heavy (non-hydrogen) atoms. The Morgan fingerprint density at radius 3 is 2.92 bits per heavy atom. The zero-order valence-corrected chi connectivity index (χ0v) is 15.8. The molecule has 1 saturated heterocycles. The van der Waals surface area contributed by atoms with Crippen molar-refractivity contribution in [3.63, 3.8) is 0 Å². The smallest absolute Gasteiger partial charge is 0.329 e. The highest BCUT2D eigenvalue weighted by atomic mass is 16.5. The zero-order chi connectivity index (χ0) is 17.9. The van der Waals surface area contributed by atoms with Crippen LogP contribution >= 0.6 is 0 Å². The van der Waals surface area contributed by atoms with Gasteiger partial charge in [-0.3, -0.25) is 4.90 Å². The molecule has 0 N–H and O–H groups in total. The Kier molecular flexibility index (Phi) is 3.68. The van der Waals surface area contributed by atoms with Crippen molar-refractivity contribution in [2.75, 3.05) is 19.7 Å². The molecule has 3 aliphatic heterocycles. The summed E-state index contributed by atoms with van der Waals surface area (Å²) in [6.07, 6.45) is 5.60. The van der Waals surface area contributed by atoms with Crippen LogP contribution in [0.3, 0.4) is 0 Å². The summed E-state index contributed by atoms with van der Waals surface area (Å²) >= 11 is 0. The molecule has 4 nitrogen and oxygen atoms in total. The summed E-state index contributed by atoms with van der Waals surface area (Å²) in [5.41, 5.74) is 4.32. The summed E-state index contributed by atoms with van der Waals surface area (Å²) in [5.74, 6) is -0.0509. The lowest BCUT2D eigenvalue weighted by Gasteiger charge is -2.56. The van der Waals surface area contributed by atoms with E-state index in [1.54, 1.807) is 0 Å². The number of fused-ring (bicyclic) bond motifs is 3. The van der Waals surface area contributed by atoms with E-state index in [1.165, 1.54) is 41.5 Å². The fraction of sp³-hybridized carbons (Fsp3) is 0.591. The lowest BCUT2D eigenvalue weighted by atomic mass is 9.63. The number of nitrogens with zero attached hydrogens (tertiary/aromatic N) is 2. The van der Waals surface area contributed by atoms with E-state index in [9.17, 15) is 4.79 Å². The first-order chi connectivity index (χ1) is 12.7. The van der Waals surface area contributed by atoms with E-state index in [0.717, 1.165) is 25.8 Å². The molecule has 1 fully saturated rings. The number of carbonyl (C=O) groups is 1. The highest BCUT2D eigenvalue weighted by Crippen LogP contribution is 2.59. The van der Waals surface area contributed by atoms with Crippen LogP contribution in [-0.4, -0.2) is 35.1 Å². The molecule has 0 saturated carbocycles. The van der Waals surface area contributed by atoms with Crippen LogP contribution in [0.5, 0.6) is 0 Å². The van der Waals surface area contributed by atoms with E-state index in [0.29, 0.717) is 12.6 Å². The number of benzene rings is 1. The van der Waals surface area contributed by atoms with E-state index in [1.807, 2.05) is 6.92 Å². The van der Waals surface area contributed by atoms with Crippen LogP contribution in [0, 0.1) is 5.41 Å². The van der Waals surface area contributed by atoms with Gasteiger partial charge in [-0.15, -0.1) is 0 Å². The molecular formula is C22H28N2O2. The summed E-state index contributed by atoms with van der Waals surface area (Å²) < 4.78 is 7.90. The number of esters is 1. The number of aromatic nitrogens is 1. The maximum atomic E-state index is 13.0. The van der Waals surface area contributed by atoms with Crippen molar-refractivity contribution >= 4 is 16.9 Å². The van der Waals surface area contributed by atoms with Gasteiger partial charge in [-0.05, 0) is 62.6 Å². The lowest BCUT2D eigenvalue weighted by molar-refractivity contribution is -0.151. The summed E-state index contributed by atoms with van der Waals surface area (Å²) in [4.78, 5) is 15.7. The number of carbonyl (C=O) groups excluding carboxylic acids is 1. The minimum Gasteiger partial charge on any atom is -0.464 e. The van der Waals surface area contributed by atoms with Gasteiger partial charge in [-0.2, -0.15) is 0 Å². The molecule has 3 aliphatic rings. The predicted molar refractivity (Wildman–Crippen MR) is 102 cm³/mol. The van der Waals surface area contributed by atoms with Gasteiger partial charge in [0.15, 0.2) is 0 Å². The molecular weight excluding hydrogens is 324 g/mol. The Morgan fingerprint density at radius 2 is 2.12 bits per heavy atom. The van der Waals surface area contributed by atoms with Gasteiger partial charge in [-0.1, -0.05) is 25.1 Å². The summed E-state index contributed by atoms with van der Waals surface area (Å²) in [7, 11) is 0. The number of para-hydroxylation sites is 1. The van der Waals surface area contributed by atoms with Crippen LogP contribution in [0.4, 0.5) is 0 Å². The SMILES string of the molecule is CCOC(=O)C1CC2(CC)CCCN3CCc4c(n1c1ccccc41)C32. The normalized spacial score (nSPS) is 30.2. The average molecular weight is 352 g/mol. The van der Waals surface area contributed by atoms with E-state index in [-0.39, 0.29) is 17.4 Å². The molecule has 2 aromatic rings. The Labute approximate surface area is 155 Å². The number of ether oxygens (including phenoxy) is 1. The topological polar surface area (TPSA) is 34.5 Å². The quantitative estimate of drug-likeness (QED) is 0.775. The first-order valence-corrected chi connectivity index (χ1v) is 10.2. The van der Waals surface area contributed by atoms with Gasteiger partial charge in [-0.25, -0.2) is 4.79 Å². The zero-order valence-electron chi connectivity index (χ0n) is 15.8. The molecule has 0 aliphatic carbocycles. The molecule has 3 unspecified atom stereocenters. The highest BCUT2D eigenvalue weighted by Gasteiger charge is 2.54. The third-order valence-corrected chi connectivity index (χ3v) is 7.20. The molecule has 0 radical (unpaired) electrons. The molecule has 0 bridgehead atoms. The third kappa shape index (κ3) is 2.02. The maximum Gasteiger partial charge on any atom is 0.329 e. The van der Waals surface area contributed by atoms with E-state index < -0.39 is 0 Å². The molecule has 1 aromatic carbocycles. The van der Waals surface area contributed by atoms with Gasteiger partial charge in [0.05, 0.1) is 12.6 Å². The van der Waals surface area contributed by atoms with Crippen molar-refractivity contribution in [2.45, 2.75) is 58.0 Å². The summed E-state index contributed by atoms with van der Waals surface area (Å²) in [6.45, 7) is 7.02. The van der Waals surface area contributed by atoms with Crippen molar-refractivity contribution in [2.24, 2.45) is 5.41 Å². The Hall–Kier alpha value is -1.81. The Morgan fingerprint density at radius 1 is 1.27 bits per heavy atom. The maximum absolute atomic E-state index is 13.0.